The summed E-state index contributed by atoms with van der Waals surface area (Å²) < 4.78 is 11.5. The standard InChI is InChI=1S/C15H12OS2/c16-18-8-7-17(10-18)14-9-12-5-1-3-11-4-2-6-13(14)15(11)12/h1-8H,9-10H2. The van der Waals surface area contributed by atoms with Crippen LogP contribution in [0.1, 0.15) is 11.1 Å². The van der Waals surface area contributed by atoms with E-state index >= 15 is 0 Å². The predicted octanol–water partition coefficient (Wildman–Crippen LogP) is 3.38. The molecule has 0 aromatic heterocycles. The molecule has 1 nitrogen and oxygen atoms in total. The molecule has 0 bridgehead atoms. The molecule has 0 spiro atoms. The van der Waals surface area contributed by atoms with Crippen LogP contribution in [0.5, 0.6) is 0 Å². The van der Waals surface area contributed by atoms with Crippen LogP contribution in [0.2, 0.25) is 0 Å². The molecule has 0 saturated carbocycles. The molecule has 1 heterocycles. The van der Waals surface area contributed by atoms with E-state index in [1.165, 1.54) is 26.8 Å². The molecule has 1 aliphatic carbocycles. The highest BCUT2D eigenvalue weighted by Gasteiger charge is 2.22. The molecule has 0 fully saturated rings. The SMILES string of the molecule is O=S1C=CS(=C2Cc3cccc4cccc2c34)C1. The second-order valence-corrected chi connectivity index (χ2v) is 8.22. The fourth-order valence-electron chi connectivity index (χ4n) is 2.79. The Morgan fingerprint density at radius 3 is 2.61 bits per heavy atom. The largest absolute Gasteiger partial charge is 0.254 e. The molecule has 0 saturated heterocycles. The van der Waals surface area contributed by atoms with E-state index in [4.69, 9.17) is 0 Å². The minimum Gasteiger partial charge on any atom is -0.254 e. The molecular formula is C15H12OS2. The zero-order valence-corrected chi connectivity index (χ0v) is 11.4. The monoisotopic (exact) mass is 272 g/mol. The van der Waals surface area contributed by atoms with E-state index in [-0.39, 0.29) is 10.5 Å². The van der Waals surface area contributed by atoms with Gasteiger partial charge in [0, 0.05) is 11.8 Å². The zero-order chi connectivity index (χ0) is 12.1. The van der Waals surface area contributed by atoms with Crippen LogP contribution in [0.3, 0.4) is 0 Å². The lowest BCUT2D eigenvalue weighted by Gasteiger charge is -2.05. The predicted molar refractivity (Wildman–Crippen MR) is 81.5 cm³/mol. The number of hydrogen-bond acceptors (Lipinski definition) is 1. The number of hydrogen-bond donors (Lipinski definition) is 0. The molecule has 18 heavy (non-hydrogen) atoms. The molecule has 4 rings (SSSR count). The Bertz CT molecular complexity index is 751. The van der Waals surface area contributed by atoms with Gasteiger partial charge in [0.1, 0.15) is 0 Å². The van der Waals surface area contributed by atoms with Crippen molar-refractivity contribution in [2.75, 3.05) is 5.08 Å². The summed E-state index contributed by atoms with van der Waals surface area (Å²) in [5, 5.41) is 7.54. The van der Waals surface area contributed by atoms with Gasteiger partial charge in [-0.15, -0.1) is 10.5 Å². The molecular weight excluding hydrogens is 260 g/mol. The fraction of sp³-hybridized carbons (Fsp3) is 0.133. The van der Waals surface area contributed by atoms with E-state index in [9.17, 15) is 4.21 Å². The summed E-state index contributed by atoms with van der Waals surface area (Å²) in [5.74, 6) is 0. The van der Waals surface area contributed by atoms with Gasteiger partial charge in [-0.05, 0) is 32.2 Å². The lowest BCUT2D eigenvalue weighted by atomic mass is 10.1. The van der Waals surface area contributed by atoms with Gasteiger partial charge in [-0.25, -0.2) is 0 Å². The van der Waals surface area contributed by atoms with E-state index in [0.717, 1.165) is 11.5 Å². The van der Waals surface area contributed by atoms with Crippen molar-refractivity contribution in [3.63, 3.8) is 0 Å². The Morgan fingerprint density at radius 1 is 1.00 bits per heavy atom. The molecule has 2 atom stereocenters. The van der Waals surface area contributed by atoms with E-state index in [1.54, 1.807) is 0 Å². The summed E-state index contributed by atoms with van der Waals surface area (Å²) in [6.45, 7) is 0. The Kier molecular flexibility index (Phi) is 2.32. The third-order valence-corrected chi connectivity index (χ3v) is 7.59. The van der Waals surface area contributed by atoms with Gasteiger partial charge in [-0.3, -0.25) is 4.21 Å². The van der Waals surface area contributed by atoms with Crippen molar-refractivity contribution in [1.82, 2.24) is 0 Å². The molecule has 2 unspecified atom stereocenters. The van der Waals surface area contributed by atoms with Gasteiger partial charge in [0.15, 0.2) is 0 Å². The fourth-order valence-corrected chi connectivity index (χ4v) is 6.98. The highest BCUT2D eigenvalue weighted by Crippen LogP contribution is 2.37. The van der Waals surface area contributed by atoms with Crippen LogP contribution < -0.4 is 0 Å². The highest BCUT2D eigenvalue weighted by molar-refractivity contribution is 8.27. The Labute approximate surface area is 111 Å². The molecule has 2 aliphatic rings. The number of rotatable bonds is 0. The first-order chi connectivity index (χ1) is 8.83. The topological polar surface area (TPSA) is 17.1 Å². The van der Waals surface area contributed by atoms with Gasteiger partial charge in [0.05, 0.1) is 15.9 Å². The molecule has 0 radical (unpaired) electrons. The summed E-state index contributed by atoms with van der Waals surface area (Å²) in [4.78, 5) is 1.48. The molecule has 3 heteroatoms. The van der Waals surface area contributed by atoms with Crippen LogP contribution in [0.15, 0.2) is 47.2 Å². The minimum absolute atomic E-state index is 0.0705. The van der Waals surface area contributed by atoms with Crippen molar-refractivity contribution in [3.8, 4) is 0 Å². The van der Waals surface area contributed by atoms with Crippen molar-refractivity contribution in [2.45, 2.75) is 6.42 Å². The van der Waals surface area contributed by atoms with Crippen LogP contribution >= 0.6 is 10.5 Å². The van der Waals surface area contributed by atoms with Crippen LogP contribution in [-0.4, -0.2) is 14.2 Å². The smallest absolute Gasteiger partial charge is 0.0724 e. The maximum Gasteiger partial charge on any atom is 0.0724 e. The summed E-state index contributed by atoms with van der Waals surface area (Å²) in [5.41, 5.74) is 2.81. The minimum atomic E-state index is -0.753. The second-order valence-electron chi connectivity index (χ2n) is 4.62. The van der Waals surface area contributed by atoms with Crippen LogP contribution in [0.25, 0.3) is 10.8 Å². The third-order valence-electron chi connectivity index (χ3n) is 3.57. The summed E-state index contributed by atoms with van der Waals surface area (Å²) in [6, 6.07) is 13.1. The first kappa shape index (κ1) is 10.7. The Morgan fingerprint density at radius 2 is 1.83 bits per heavy atom. The summed E-state index contributed by atoms with van der Waals surface area (Å²) >= 11 is 0. The molecule has 1 aliphatic heterocycles. The van der Waals surface area contributed by atoms with E-state index in [0.29, 0.717) is 0 Å². The molecule has 2 aromatic rings. The van der Waals surface area contributed by atoms with E-state index in [2.05, 4.69) is 41.8 Å². The molecule has 0 amide bonds. The van der Waals surface area contributed by atoms with Crippen LogP contribution in [-0.2, 0) is 17.2 Å². The van der Waals surface area contributed by atoms with Gasteiger partial charge in [-0.1, -0.05) is 36.4 Å². The van der Waals surface area contributed by atoms with Crippen LogP contribution in [0.4, 0.5) is 0 Å². The van der Waals surface area contributed by atoms with Crippen molar-refractivity contribution in [2.24, 2.45) is 0 Å². The third kappa shape index (κ3) is 1.47. The molecule has 2 aromatic carbocycles. The first-order valence-electron chi connectivity index (χ1n) is 5.95. The van der Waals surface area contributed by atoms with Gasteiger partial charge in [0.25, 0.3) is 0 Å². The van der Waals surface area contributed by atoms with Crippen molar-refractivity contribution in [1.29, 1.82) is 0 Å². The van der Waals surface area contributed by atoms with Crippen LogP contribution in [0, 0.1) is 0 Å². The average Bonchev–Trinajstić information content (AvgIpc) is 2.96. The maximum absolute atomic E-state index is 11.5. The lowest BCUT2D eigenvalue weighted by molar-refractivity contribution is 0.691. The van der Waals surface area contributed by atoms with Gasteiger partial charge < -0.3 is 0 Å². The van der Waals surface area contributed by atoms with Gasteiger partial charge >= 0.3 is 0 Å². The average molecular weight is 272 g/mol. The van der Waals surface area contributed by atoms with E-state index in [1.807, 2.05) is 5.41 Å². The Hall–Kier alpha value is -1.19. The lowest BCUT2D eigenvalue weighted by Crippen LogP contribution is -1.99. The summed E-state index contributed by atoms with van der Waals surface area (Å²) in [7, 11) is -0.682. The number of benzene rings is 2. The molecule has 90 valence electrons. The van der Waals surface area contributed by atoms with Gasteiger partial charge in [0.2, 0.25) is 0 Å². The normalized spacial score (nSPS) is 27.2. The first-order valence-corrected chi connectivity index (χ1v) is 8.79. The van der Waals surface area contributed by atoms with Gasteiger partial charge in [-0.2, -0.15) is 0 Å². The van der Waals surface area contributed by atoms with E-state index < -0.39 is 10.8 Å². The highest BCUT2D eigenvalue weighted by atomic mass is 32.2. The molecule has 0 N–H and O–H groups in total. The second kappa shape index (κ2) is 3.90. The zero-order valence-electron chi connectivity index (χ0n) is 9.76. The maximum atomic E-state index is 11.5. The quantitative estimate of drug-likeness (QED) is 0.672. The van der Waals surface area contributed by atoms with Crippen molar-refractivity contribution < 1.29 is 4.21 Å². The Balaban J connectivity index is 2.03. The van der Waals surface area contributed by atoms with Crippen molar-refractivity contribution in [3.05, 3.63) is 58.3 Å². The summed E-state index contributed by atoms with van der Waals surface area (Å²) in [6.07, 6.45) is 1.03. The van der Waals surface area contributed by atoms with Crippen molar-refractivity contribution >= 4 is 36.9 Å².